The van der Waals surface area contributed by atoms with Gasteiger partial charge in [-0.3, -0.25) is 10.1 Å². The highest BCUT2D eigenvalue weighted by atomic mass is 32.2. The van der Waals surface area contributed by atoms with Gasteiger partial charge >= 0.3 is 0 Å². The van der Waals surface area contributed by atoms with Crippen LogP contribution in [0, 0.1) is 10.1 Å². The molecule has 0 fully saturated rings. The number of nitro groups is 1. The fourth-order valence-electron chi connectivity index (χ4n) is 3.92. The van der Waals surface area contributed by atoms with Gasteiger partial charge in [-0.2, -0.15) is 0 Å². The van der Waals surface area contributed by atoms with E-state index >= 15 is 0 Å². The van der Waals surface area contributed by atoms with Crippen LogP contribution < -0.4 is 14.2 Å². The maximum atomic E-state index is 12.6. The Hall–Kier alpha value is -3.69. The number of benzene rings is 4. The van der Waals surface area contributed by atoms with Crippen molar-refractivity contribution in [3.63, 3.8) is 0 Å². The predicted molar refractivity (Wildman–Crippen MR) is 127 cm³/mol. The van der Waals surface area contributed by atoms with Gasteiger partial charge in [-0.05, 0) is 46.3 Å². The summed E-state index contributed by atoms with van der Waals surface area (Å²) in [7, 11) is -0.658. The quantitative estimate of drug-likeness (QED) is 0.234. The number of rotatable bonds is 8. The number of fused-ring (bicyclic) bond motifs is 3. The Morgan fingerprint density at radius 3 is 2.33 bits per heavy atom. The molecule has 4 aromatic rings. The van der Waals surface area contributed by atoms with Gasteiger partial charge in [0, 0.05) is 24.1 Å². The van der Waals surface area contributed by atoms with E-state index in [1.165, 1.54) is 24.3 Å². The first kappa shape index (κ1) is 22.5. The first-order chi connectivity index (χ1) is 15.9. The van der Waals surface area contributed by atoms with Crippen LogP contribution in [-0.2, 0) is 16.4 Å². The molecule has 33 heavy (non-hydrogen) atoms. The molecule has 0 heterocycles. The number of hydrogen-bond acceptors (Lipinski definition) is 6. The number of sulfonamides is 1. The fraction of sp³-hybridized carbons (Fsp3) is 0.167. The molecule has 0 bridgehead atoms. The lowest BCUT2D eigenvalue weighted by Gasteiger charge is -2.17. The van der Waals surface area contributed by atoms with Gasteiger partial charge in [-0.1, -0.05) is 36.4 Å². The van der Waals surface area contributed by atoms with Crippen LogP contribution in [0.3, 0.4) is 0 Å². The second-order valence-electron chi connectivity index (χ2n) is 7.38. The van der Waals surface area contributed by atoms with Gasteiger partial charge in [0.25, 0.3) is 5.69 Å². The van der Waals surface area contributed by atoms with Crippen LogP contribution in [0.25, 0.3) is 21.5 Å². The highest BCUT2D eigenvalue weighted by Crippen LogP contribution is 2.41. The summed E-state index contributed by atoms with van der Waals surface area (Å²) in [6.45, 7) is 0.136. The SMILES string of the molecule is COc1cc(CCNS(=O)(=O)c2ccc([N+](=O)[O-])cc2)c2ccc3ccccc3c2c1OC. The summed E-state index contributed by atoms with van der Waals surface area (Å²) >= 11 is 0. The lowest BCUT2D eigenvalue weighted by Crippen LogP contribution is -2.26. The standard InChI is InChI=1S/C24H22N2O6S/c1-31-22-15-17(13-14-25-33(29,30)19-10-8-18(9-11-19)26(27)28)21-12-7-16-5-3-4-6-20(16)23(21)24(22)32-2/h3-12,15,25H,13-14H2,1-2H3. The normalized spacial score (nSPS) is 11.6. The van der Waals surface area contributed by atoms with Gasteiger partial charge in [-0.25, -0.2) is 13.1 Å². The molecular weight excluding hydrogens is 444 g/mol. The summed E-state index contributed by atoms with van der Waals surface area (Å²) in [5, 5.41) is 14.7. The molecule has 0 aliphatic carbocycles. The number of ether oxygens (including phenoxy) is 2. The van der Waals surface area contributed by atoms with Crippen molar-refractivity contribution in [1.82, 2.24) is 4.72 Å². The van der Waals surface area contributed by atoms with Gasteiger partial charge < -0.3 is 9.47 Å². The van der Waals surface area contributed by atoms with E-state index in [2.05, 4.69) is 4.72 Å². The van der Waals surface area contributed by atoms with Crippen molar-refractivity contribution in [2.45, 2.75) is 11.3 Å². The molecular formula is C24H22N2O6S. The van der Waals surface area contributed by atoms with Crippen LogP contribution in [0.1, 0.15) is 5.56 Å². The van der Waals surface area contributed by atoms with E-state index in [4.69, 9.17) is 9.47 Å². The highest BCUT2D eigenvalue weighted by molar-refractivity contribution is 7.89. The minimum Gasteiger partial charge on any atom is -0.493 e. The van der Waals surface area contributed by atoms with Gasteiger partial charge in [0.05, 0.1) is 24.0 Å². The molecule has 0 aromatic heterocycles. The highest BCUT2D eigenvalue weighted by Gasteiger charge is 2.18. The van der Waals surface area contributed by atoms with Crippen molar-refractivity contribution >= 4 is 37.3 Å². The average molecular weight is 467 g/mol. The second-order valence-corrected chi connectivity index (χ2v) is 9.15. The number of nitrogens with zero attached hydrogens (tertiary/aromatic N) is 1. The van der Waals surface area contributed by atoms with Crippen LogP contribution in [0.4, 0.5) is 5.69 Å². The van der Waals surface area contributed by atoms with Crippen molar-refractivity contribution in [3.05, 3.63) is 82.4 Å². The molecule has 8 nitrogen and oxygen atoms in total. The Kier molecular flexibility index (Phi) is 6.17. The Bertz CT molecular complexity index is 1450. The number of hydrogen-bond donors (Lipinski definition) is 1. The van der Waals surface area contributed by atoms with Gasteiger partial charge in [0.1, 0.15) is 0 Å². The third kappa shape index (κ3) is 4.33. The molecule has 0 aliphatic rings. The summed E-state index contributed by atoms with van der Waals surface area (Å²) in [5.41, 5.74) is 0.734. The minimum absolute atomic E-state index is 0.0312. The summed E-state index contributed by atoms with van der Waals surface area (Å²) in [4.78, 5) is 10.2. The Labute approximate surface area is 191 Å². The summed E-state index contributed by atoms with van der Waals surface area (Å²) < 4.78 is 39.1. The summed E-state index contributed by atoms with van der Waals surface area (Å²) in [6.07, 6.45) is 0.404. The maximum Gasteiger partial charge on any atom is 0.269 e. The van der Waals surface area contributed by atoms with Crippen LogP contribution in [0.15, 0.2) is 71.6 Å². The Balaban J connectivity index is 1.66. The van der Waals surface area contributed by atoms with Crippen molar-refractivity contribution in [2.24, 2.45) is 0 Å². The van der Waals surface area contributed by atoms with Gasteiger partial charge in [-0.15, -0.1) is 0 Å². The molecule has 0 radical (unpaired) electrons. The van der Waals surface area contributed by atoms with E-state index in [1.54, 1.807) is 14.2 Å². The van der Waals surface area contributed by atoms with Crippen molar-refractivity contribution in [2.75, 3.05) is 20.8 Å². The molecule has 9 heteroatoms. The third-order valence-electron chi connectivity index (χ3n) is 5.50. The monoisotopic (exact) mass is 466 g/mol. The zero-order valence-corrected chi connectivity index (χ0v) is 18.9. The first-order valence-corrected chi connectivity index (χ1v) is 11.6. The van der Waals surface area contributed by atoms with E-state index < -0.39 is 14.9 Å². The lowest BCUT2D eigenvalue weighted by molar-refractivity contribution is -0.384. The molecule has 0 saturated carbocycles. The van der Waals surface area contributed by atoms with Crippen molar-refractivity contribution < 1.29 is 22.8 Å². The lowest BCUT2D eigenvalue weighted by atomic mass is 9.95. The summed E-state index contributed by atoms with van der Waals surface area (Å²) in [5.74, 6) is 1.19. The Morgan fingerprint density at radius 2 is 1.67 bits per heavy atom. The molecule has 170 valence electrons. The average Bonchev–Trinajstić information content (AvgIpc) is 2.83. The zero-order valence-electron chi connectivity index (χ0n) is 18.1. The second kappa shape index (κ2) is 9.05. The van der Waals surface area contributed by atoms with E-state index in [9.17, 15) is 18.5 Å². The molecule has 0 aliphatic heterocycles. The first-order valence-electron chi connectivity index (χ1n) is 10.1. The number of nitrogens with one attached hydrogen (secondary N) is 1. The minimum atomic E-state index is -3.82. The molecule has 0 unspecified atom stereocenters. The number of nitro benzene ring substituents is 1. The largest absolute Gasteiger partial charge is 0.493 e. The zero-order chi connectivity index (χ0) is 23.6. The van der Waals surface area contributed by atoms with Crippen LogP contribution in [0.2, 0.25) is 0 Å². The van der Waals surface area contributed by atoms with E-state index in [-0.39, 0.29) is 17.1 Å². The Morgan fingerprint density at radius 1 is 0.939 bits per heavy atom. The topological polar surface area (TPSA) is 108 Å². The van der Waals surface area contributed by atoms with Gasteiger partial charge in [0.2, 0.25) is 10.0 Å². The maximum absolute atomic E-state index is 12.6. The molecule has 1 N–H and O–H groups in total. The molecule has 0 spiro atoms. The number of methoxy groups -OCH3 is 2. The fourth-order valence-corrected chi connectivity index (χ4v) is 4.95. The van der Waals surface area contributed by atoms with Crippen LogP contribution in [0.5, 0.6) is 11.5 Å². The van der Waals surface area contributed by atoms with E-state index in [1.807, 2.05) is 42.5 Å². The molecule has 0 atom stereocenters. The molecule has 4 aromatic carbocycles. The van der Waals surface area contributed by atoms with Crippen LogP contribution in [-0.4, -0.2) is 34.1 Å². The van der Waals surface area contributed by atoms with E-state index in [0.29, 0.717) is 17.9 Å². The van der Waals surface area contributed by atoms with Crippen LogP contribution >= 0.6 is 0 Å². The molecule has 0 amide bonds. The van der Waals surface area contributed by atoms with Crippen molar-refractivity contribution in [1.29, 1.82) is 0 Å². The van der Waals surface area contributed by atoms with Crippen molar-refractivity contribution in [3.8, 4) is 11.5 Å². The smallest absolute Gasteiger partial charge is 0.269 e. The number of non-ortho nitro benzene ring substituents is 1. The summed E-state index contributed by atoms with van der Waals surface area (Å²) in [6, 6.07) is 18.6. The van der Waals surface area contributed by atoms with Gasteiger partial charge in [0.15, 0.2) is 11.5 Å². The predicted octanol–water partition coefficient (Wildman–Crippen LogP) is 4.44. The molecule has 4 rings (SSSR count). The van der Waals surface area contributed by atoms with E-state index in [0.717, 1.165) is 27.1 Å². The molecule has 0 saturated heterocycles. The third-order valence-corrected chi connectivity index (χ3v) is 6.98.